The maximum atomic E-state index is 11.2. The van der Waals surface area contributed by atoms with Crippen molar-refractivity contribution in [3.05, 3.63) is 56.9 Å². The maximum absolute atomic E-state index is 11.2. The van der Waals surface area contributed by atoms with Gasteiger partial charge in [0.05, 0.1) is 15.6 Å². The molecule has 8 heteroatoms. The van der Waals surface area contributed by atoms with Gasteiger partial charge in [0.1, 0.15) is 5.82 Å². The Balaban J connectivity index is 1.87. The van der Waals surface area contributed by atoms with Crippen LogP contribution in [-0.4, -0.2) is 21.9 Å². The van der Waals surface area contributed by atoms with Gasteiger partial charge in [-0.3, -0.25) is 10.1 Å². The summed E-state index contributed by atoms with van der Waals surface area (Å²) in [5, 5.41) is 20.0. The van der Waals surface area contributed by atoms with Crippen LogP contribution in [0.25, 0.3) is 11.3 Å². The first-order valence-electron chi connectivity index (χ1n) is 7.19. The minimum atomic E-state index is -0.457. The van der Waals surface area contributed by atoms with E-state index in [0.29, 0.717) is 5.82 Å². The van der Waals surface area contributed by atoms with Crippen molar-refractivity contribution in [1.82, 2.24) is 9.97 Å². The molecule has 0 aliphatic heterocycles. The Morgan fingerprint density at radius 2 is 1.88 bits per heavy atom. The van der Waals surface area contributed by atoms with Crippen molar-refractivity contribution in [2.24, 2.45) is 0 Å². The van der Waals surface area contributed by atoms with Crippen LogP contribution in [0.4, 0.5) is 23.0 Å². The van der Waals surface area contributed by atoms with Crippen molar-refractivity contribution in [3.8, 4) is 11.3 Å². The standard InChI is InChI=1S/C16H15N5O2S/c1-10-18-13(9-24-10)11-3-5-12(6-4-11)19-16-14(21(22)23)7-8-15(17-2)20-16/h3-9H,1-2H3,(H2,17,19,20). The van der Waals surface area contributed by atoms with E-state index in [4.69, 9.17) is 0 Å². The Morgan fingerprint density at radius 1 is 1.12 bits per heavy atom. The van der Waals surface area contributed by atoms with E-state index in [1.165, 1.54) is 6.07 Å². The number of anilines is 3. The monoisotopic (exact) mass is 341 g/mol. The van der Waals surface area contributed by atoms with E-state index >= 15 is 0 Å². The topological polar surface area (TPSA) is 93.0 Å². The number of nitrogens with zero attached hydrogens (tertiary/aromatic N) is 3. The normalized spacial score (nSPS) is 10.4. The van der Waals surface area contributed by atoms with Gasteiger partial charge in [-0.05, 0) is 25.1 Å². The molecule has 122 valence electrons. The molecule has 0 unspecified atom stereocenters. The second-order valence-electron chi connectivity index (χ2n) is 5.03. The van der Waals surface area contributed by atoms with Crippen LogP contribution in [0.15, 0.2) is 41.8 Å². The van der Waals surface area contributed by atoms with E-state index in [0.717, 1.165) is 22.0 Å². The van der Waals surface area contributed by atoms with E-state index in [-0.39, 0.29) is 11.5 Å². The van der Waals surface area contributed by atoms with Crippen molar-refractivity contribution in [3.63, 3.8) is 0 Å². The fourth-order valence-corrected chi connectivity index (χ4v) is 2.81. The molecule has 0 amide bonds. The highest BCUT2D eigenvalue weighted by atomic mass is 32.1. The molecule has 3 rings (SSSR count). The zero-order chi connectivity index (χ0) is 17.1. The summed E-state index contributed by atoms with van der Waals surface area (Å²) >= 11 is 1.60. The Morgan fingerprint density at radius 3 is 2.46 bits per heavy atom. The largest absolute Gasteiger partial charge is 0.373 e. The molecule has 0 aliphatic carbocycles. The number of nitrogens with one attached hydrogen (secondary N) is 2. The molecule has 2 N–H and O–H groups in total. The van der Waals surface area contributed by atoms with Crippen LogP contribution < -0.4 is 10.6 Å². The van der Waals surface area contributed by atoms with Crippen LogP contribution in [0.3, 0.4) is 0 Å². The lowest BCUT2D eigenvalue weighted by atomic mass is 10.1. The minimum Gasteiger partial charge on any atom is -0.373 e. The molecule has 2 aromatic heterocycles. The fourth-order valence-electron chi connectivity index (χ4n) is 2.19. The molecular formula is C16H15N5O2S. The lowest BCUT2D eigenvalue weighted by Crippen LogP contribution is -2.02. The van der Waals surface area contributed by atoms with Crippen molar-refractivity contribution in [2.45, 2.75) is 6.92 Å². The van der Waals surface area contributed by atoms with Crippen LogP contribution >= 0.6 is 11.3 Å². The molecule has 0 saturated heterocycles. The highest BCUT2D eigenvalue weighted by molar-refractivity contribution is 7.09. The van der Waals surface area contributed by atoms with Gasteiger partial charge >= 0.3 is 5.69 Å². The van der Waals surface area contributed by atoms with Crippen molar-refractivity contribution in [1.29, 1.82) is 0 Å². The summed E-state index contributed by atoms with van der Waals surface area (Å²) in [7, 11) is 1.71. The van der Waals surface area contributed by atoms with Gasteiger partial charge in [0.15, 0.2) is 0 Å². The number of nitro groups is 1. The van der Waals surface area contributed by atoms with Gasteiger partial charge < -0.3 is 10.6 Å². The van der Waals surface area contributed by atoms with Crippen molar-refractivity contribution >= 4 is 34.3 Å². The lowest BCUT2D eigenvalue weighted by molar-refractivity contribution is -0.384. The molecule has 3 aromatic rings. The fraction of sp³-hybridized carbons (Fsp3) is 0.125. The van der Waals surface area contributed by atoms with E-state index in [1.807, 2.05) is 36.6 Å². The Labute approximate surface area is 142 Å². The van der Waals surface area contributed by atoms with E-state index in [9.17, 15) is 10.1 Å². The predicted octanol–water partition coefficient (Wildman–Crippen LogP) is 4.21. The molecule has 0 atom stereocenters. The summed E-state index contributed by atoms with van der Waals surface area (Å²) in [5.74, 6) is 0.752. The Hall–Kier alpha value is -3.00. The molecular weight excluding hydrogens is 326 g/mol. The van der Waals surface area contributed by atoms with Gasteiger partial charge in [-0.1, -0.05) is 12.1 Å². The summed E-state index contributed by atoms with van der Waals surface area (Å²) in [5.41, 5.74) is 2.56. The number of thiazole rings is 1. The van der Waals surface area contributed by atoms with Gasteiger partial charge in [0, 0.05) is 29.7 Å². The highest BCUT2D eigenvalue weighted by Gasteiger charge is 2.16. The van der Waals surface area contributed by atoms with Gasteiger partial charge in [0.2, 0.25) is 5.82 Å². The Kier molecular flexibility index (Phi) is 4.39. The van der Waals surface area contributed by atoms with E-state index in [1.54, 1.807) is 24.5 Å². The molecule has 24 heavy (non-hydrogen) atoms. The smallest absolute Gasteiger partial charge is 0.311 e. The number of hydrogen-bond donors (Lipinski definition) is 2. The molecule has 7 nitrogen and oxygen atoms in total. The highest BCUT2D eigenvalue weighted by Crippen LogP contribution is 2.28. The molecule has 1 aromatic carbocycles. The van der Waals surface area contributed by atoms with Crippen LogP contribution in [0.2, 0.25) is 0 Å². The average Bonchev–Trinajstić information content (AvgIpc) is 3.01. The lowest BCUT2D eigenvalue weighted by Gasteiger charge is -2.08. The first-order chi connectivity index (χ1) is 11.6. The SMILES string of the molecule is CNc1ccc([N+](=O)[O-])c(Nc2ccc(-c3csc(C)n3)cc2)n1. The second-order valence-corrected chi connectivity index (χ2v) is 6.09. The van der Waals surface area contributed by atoms with Gasteiger partial charge in [-0.15, -0.1) is 11.3 Å². The van der Waals surface area contributed by atoms with Crippen molar-refractivity contribution < 1.29 is 4.92 Å². The number of hydrogen-bond acceptors (Lipinski definition) is 7. The maximum Gasteiger partial charge on any atom is 0.311 e. The summed E-state index contributed by atoms with van der Waals surface area (Å²) in [6.45, 7) is 1.96. The van der Waals surface area contributed by atoms with Crippen molar-refractivity contribution in [2.75, 3.05) is 17.7 Å². The molecule has 0 radical (unpaired) electrons. The summed E-state index contributed by atoms with van der Waals surface area (Å²) < 4.78 is 0. The molecule has 0 bridgehead atoms. The number of aromatic nitrogens is 2. The average molecular weight is 341 g/mol. The minimum absolute atomic E-state index is 0.0757. The van der Waals surface area contributed by atoms with E-state index in [2.05, 4.69) is 20.6 Å². The van der Waals surface area contributed by atoms with Crippen LogP contribution in [-0.2, 0) is 0 Å². The van der Waals surface area contributed by atoms with Gasteiger partial charge in [-0.2, -0.15) is 0 Å². The first kappa shape index (κ1) is 15.9. The first-order valence-corrected chi connectivity index (χ1v) is 8.07. The molecule has 0 fully saturated rings. The van der Waals surface area contributed by atoms with E-state index < -0.39 is 4.92 Å². The molecule has 2 heterocycles. The molecule has 0 saturated carbocycles. The summed E-state index contributed by atoms with van der Waals surface area (Å²) in [6.07, 6.45) is 0. The predicted molar refractivity (Wildman–Crippen MR) is 96.0 cm³/mol. The zero-order valence-electron chi connectivity index (χ0n) is 13.1. The Bertz CT molecular complexity index is 876. The quantitative estimate of drug-likeness (QED) is 0.533. The third kappa shape index (κ3) is 3.33. The van der Waals surface area contributed by atoms with Gasteiger partial charge in [0.25, 0.3) is 0 Å². The number of pyridine rings is 1. The van der Waals surface area contributed by atoms with Crippen LogP contribution in [0, 0.1) is 17.0 Å². The number of aryl methyl sites for hydroxylation is 1. The third-order valence-electron chi connectivity index (χ3n) is 3.39. The molecule has 0 aliphatic rings. The second kappa shape index (κ2) is 6.63. The molecule has 0 spiro atoms. The third-order valence-corrected chi connectivity index (χ3v) is 4.16. The summed E-state index contributed by atoms with van der Waals surface area (Å²) in [6, 6.07) is 10.5. The van der Waals surface area contributed by atoms with Crippen LogP contribution in [0.1, 0.15) is 5.01 Å². The summed E-state index contributed by atoms with van der Waals surface area (Å²) in [4.78, 5) is 19.4. The van der Waals surface area contributed by atoms with Crippen LogP contribution in [0.5, 0.6) is 0 Å². The number of benzene rings is 1. The van der Waals surface area contributed by atoms with Gasteiger partial charge in [-0.25, -0.2) is 9.97 Å². The number of rotatable bonds is 5. The zero-order valence-corrected chi connectivity index (χ0v) is 13.9.